The molecule has 106 valence electrons. The fraction of sp³-hybridized carbons (Fsp3) is 0.500. The zero-order valence-electron chi connectivity index (χ0n) is 12.6. The van der Waals surface area contributed by atoms with E-state index in [0.717, 1.165) is 17.4 Å². The molecule has 4 nitrogen and oxygen atoms in total. The molecule has 1 aliphatic carbocycles. The maximum atomic E-state index is 6.04. The largest absolute Gasteiger partial charge is 0.485 e. The van der Waals surface area contributed by atoms with E-state index in [2.05, 4.69) is 47.7 Å². The van der Waals surface area contributed by atoms with E-state index < -0.39 is 0 Å². The minimum absolute atomic E-state index is 0.489. The van der Waals surface area contributed by atoms with Crippen LogP contribution >= 0.6 is 0 Å². The van der Waals surface area contributed by atoms with Gasteiger partial charge in [-0.05, 0) is 57.2 Å². The molecule has 1 fully saturated rings. The first-order valence-electron chi connectivity index (χ1n) is 7.18. The van der Waals surface area contributed by atoms with Crippen molar-refractivity contribution in [2.45, 2.75) is 53.2 Å². The predicted octanol–water partition coefficient (Wildman–Crippen LogP) is 3.43. The van der Waals surface area contributed by atoms with Gasteiger partial charge in [0.2, 0.25) is 0 Å². The number of rotatable bonds is 4. The third-order valence-corrected chi connectivity index (χ3v) is 4.07. The van der Waals surface area contributed by atoms with E-state index in [0.29, 0.717) is 12.6 Å². The smallest absolute Gasteiger partial charge is 0.171 e. The van der Waals surface area contributed by atoms with Gasteiger partial charge >= 0.3 is 0 Å². The van der Waals surface area contributed by atoms with Crippen molar-refractivity contribution < 1.29 is 4.74 Å². The second-order valence-electron chi connectivity index (χ2n) is 5.71. The van der Waals surface area contributed by atoms with Gasteiger partial charge in [-0.15, -0.1) is 10.2 Å². The van der Waals surface area contributed by atoms with E-state index in [9.17, 15) is 0 Å². The van der Waals surface area contributed by atoms with Crippen molar-refractivity contribution in [1.82, 2.24) is 14.8 Å². The molecule has 1 aliphatic rings. The highest BCUT2D eigenvalue weighted by Crippen LogP contribution is 2.36. The van der Waals surface area contributed by atoms with Crippen LogP contribution in [0.3, 0.4) is 0 Å². The molecule has 0 amide bonds. The van der Waals surface area contributed by atoms with Gasteiger partial charge < -0.3 is 9.30 Å². The summed E-state index contributed by atoms with van der Waals surface area (Å²) in [5, 5.41) is 8.45. The SMILES string of the molecule is Cc1ccc(C)c(OCc2nnc(C)n2C2CC2)c1C. The van der Waals surface area contributed by atoms with E-state index in [-0.39, 0.29) is 0 Å². The number of ether oxygens (including phenoxy) is 1. The van der Waals surface area contributed by atoms with Crippen molar-refractivity contribution in [3.8, 4) is 5.75 Å². The van der Waals surface area contributed by atoms with Crippen LogP contribution in [0.4, 0.5) is 0 Å². The summed E-state index contributed by atoms with van der Waals surface area (Å²) in [4.78, 5) is 0. The molecule has 2 aromatic rings. The second kappa shape index (κ2) is 4.93. The highest BCUT2D eigenvalue weighted by molar-refractivity contribution is 5.44. The Morgan fingerprint density at radius 3 is 2.50 bits per heavy atom. The average Bonchev–Trinajstić information content (AvgIpc) is 3.19. The van der Waals surface area contributed by atoms with Gasteiger partial charge in [-0.2, -0.15) is 0 Å². The van der Waals surface area contributed by atoms with Gasteiger partial charge in [-0.1, -0.05) is 12.1 Å². The molecule has 3 rings (SSSR count). The molecule has 4 heteroatoms. The molecule has 1 aromatic carbocycles. The third-order valence-electron chi connectivity index (χ3n) is 4.07. The molecule has 0 bridgehead atoms. The number of hydrogen-bond acceptors (Lipinski definition) is 3. The quantitative estimate of drug-likeness (QED) is 0.855. The topological polar surface area (TPSA) is 39.9 Å². The van der Waals surface area contributed by atoms with Crippen LogP contribution in [0.2, 0.25) is 0 Å². The normalized spacial score (nSPS) is 14.6. The third kappa shape index (κ3) is 2.30. The van der Waals surface area contributed by atoms with Crippen molar-refractivity contribution in [2.24, 2.45) is 0 Å². The van der Waals surface area contributed by atoms with E-state index >= 15 is 0 Å². The van der Waals surface area contributed by atoms with Crippen molar-refractivity contribution in [2.75, 3.05) is 0 Å². The van der Waals surface area contributed by atoms with Crippen LogP contribution in [0.25, 0.3) is 0 Å². The van der Waals surface area contributed by atoms with Crippen LogP contribution < -0.4 is 4.74 Å². The van der Waals surface area contributed by atoms with Crippen LogP contribution in [-0.4, -0.2) is 14.8 Å². The molecular weight excluding hydrogens is 250 g/mol. The summed E-state index contributed by atoms with van der Waals surface area (Å²) in [5.41, 5.74) is 3.63. The van der Waals surface area contributed by atoms with Gasteiger partial charge in [0.1, 0.15) is 18.2 Å². The second-order valence-corrected chi connectivity index (χ2v) is 5.71. The van der Waals surface area contributed by atoms with Gasteiger partial charge in [-0.25, -0.2) is 0 Å². The summed E-state index contributed by atoms with van der Waals surface area (Å²) in [5.74, 6) is 2.90. The monoisotopic (exact) mass is 271 g/mol. The van der Waals surface area contributed by atoms with E-state index in [1.54, 1.807) is 0 Å². The van der Waals surface area contributed by atoms with Crippen molar-refractivity contribution in [3.05, 3.63) is 40.5 Å². The summed E-state index contributed by atoms with van der Waals surface area (Å²) in [7, 11) is 0. The Labute approximate surface area is 119 Å². The zero-order chi connectivity index (χ0) is 14.3. The molecule has 1 aromatic heterocycles. The number of benzene rings is 1. The van der Waals surface area contributed by atoms with Crippen LogP contribution in [0.5, 0.6) is 5.75 Å². The Balaban J connectivity index is 1.82. The molecule has 0 radical (unpaired) electrons. The minimum atomic E-state index is 0.489. The van der Waals surface area contributed by atoms with Gasteiger partial charge in [0.15, 0.2) is 5.82 Å². The Morgan fingerprint density at radius 2 is 1.80 bits per heavy atom. The molecule has 0 aliphatic heterocycles. The first-order chi connectivity index (χ1) is 9.58. The van der Waals surface area contributed by atoms with Gasteiger partial charge in [0.05, 0.1) is 0 Å². The summed E-state index contributed by atoms with van der Waals surface area (Å²) >= 11 is 0. The average molecular weight is 271 g/mol. The predicted molar refractivity (Wildman–Crippen MR) is 78.0 cm³/mol. The van der Waals surface area contributed by atoms with Gasteiger partial charge in [0, 0.05) is 6.04 Å². The number of hydrogen-bond donors (Lipinski definition) is 0. The van der Waals surface area contributed by atoms with Gasteiger partial charge in [0.25, 0.3) is 0 Å². The lowest BCUT2D eigenvalue weighted by Gasteiger charge is -2.14. The van der Waals surface area contributed by atoms with E-state index in [4.69, 9.17) is 4.74 Å². The van der Waals surface area contributed by atoms with E-state index in [1.165, 1.54) is 29.5 Å². The Kier molecular flexibility index (Phi) is 3.24. The Hall–Kier alpha value is -1.84. The molecule has 1 saturated carbocycles. The van der Waals surface area contributed by atoms with Crippen LogP contribution in [0.1, 0.15) is 47.2 Å². The highest BCUT2D eigenvalue weighted by Gasteiger charge is 2.28. The Bertz CT molecular complexity index is 641. The number of aromatic nitrogens is 3. The lowest BCUT2D eigenvalue weighted by atomic mass is 10.1. The summed E-state index contributed by atoms with van der Waals surface area (Å²) in [6, 6.07) is 4.83. The lowest BCUT2D eigenvalue weighted by molar-refractivity contribution is 0.284. The maximum absolute atomic E-state index is 6.04. The molecule has 0 saturated heterocycles. The van der Waals surface area contributed by atoms with Crippen LogP contribution in [0.15, 0.2) is 12.1 Å². The lowest BCUT2D eigenvalue weighted by Crippen LogP contribution is -2.08. The van der Waals surface area contributed by atoms with Gasteiger partial charge in [-0.3, -0.25) is 0 Å². The first-order valence-corrected chi connectivity index (χ1v) is 7.18. The molecule has 0 atom stereocenters. The minimum Gasteiger partial charge on any atom is -0.485 e. The Morgan fingerprint density at radius 1 is 1.10 bits per heavy atom. The summed E-state index contributed by atoms with van der Waals surface area (Å²) < 4.78 is 8.27. The molecule has 0 N–H and O–H groups in total. The number of nitrogens with zero attached hydrogens (tertiary/aromatic N) is 3. The van der Waals surface area contributed by atoms with E-state index in [1.807, 2.05) is 6.92 Å². The maximum Gasteiger partial charge on any atom is 0.171 e. The van der Waals surface area contributed by atoms with Crippen molar-refractivity contribution >= 4 is 0 Å². The highest BCUT2D eigenvalue weighted by atomic mass is 16.5. The fourth-order valence-corrected chi connectivity index (χ4v) is 2.60. The molecular formula is C16H21N3O. The van der Waals surface area contributed by atoms with Crippen LogP contribution in [0, 0.1) is 27.7 Å². The molecule has 0 spiro atoms. The standard InChI is InChI=1S/C16H21N3O/c1-10-5-6-11(2)16(12(10)3)20-9-15-18-17-13(4)19(15)14-7-8-14/h5-6,14H,7-9H2,1-4H3. The molecule has 1 heterocycles. The van der Waals surface area contributed by atoms with Crippen molar-refractivity contribution in [1.29, 1.82) is 0 Å². The van der Waals surface area contributed by atoms with Crippen molar-refractivity contribution in [3.63, 3.8) is 0 Å². The summed E-state index contributed by atoms with van der Waals surface area (Å²) in [6.45, 7) is 8.80. The first kappa shape index (κ1) is 13.2. The van der Waals surface area contributed by atoms with Crippen LogP contribution in [-0.2, 0) is 6.61 Å². The molecule has 0 unspecified atom stereocenters. The fourth-order valence-electron chi connectivity index (χ4n) is 2.60. The summed E-state index contributed by atoms with van der Waals surface area (Å²) in [6.07, 6.45) is 2.46. The number of aryl methyl sites for hydroxylation is 3. The zero-order valence-corrected chi connectivity index (χ0v) is 12.6. The molecule has 20 heavy (non-hydrogen) atoms.